The normalized spacial score (nSPS) is 56.3. The van der Waals surface area contributed by atoms with Crippen LogP contribution in [0.3, 0.4) is 0 Å². The number of rotatable bonds is 2. The zero-order valence-corrected chi connectivity index (χ0v) is 11.2. The molecule has 0 unspecified atom stereocenters. The molecule has 2 saturated heterocycles. The van der Waals surface area contributed by atoms with Crippen LogP contribution in [0.15, 0.2) is 0 Å². The quantitative estimate of drug-likeness (QED) is 0.791. The van der Waals surface area contributed by atoms with Crippen LogP contribution in [0, 0.1) is 29.6 Å². The predicted octanol–water partition coefficient (Wildman–Crippen LogP) is 0.843. The molecule has 0 radical (unpaired) electrons. The fourth-order valence-corrected chi connectivity index (χ4v) is 5.51. The van der Waals surface area contributed by atoms with Crippen molar-refractivity contribution in [1.29, 1.82) is 0 Å². The molecule has 0 aromatic heterocycles. The van der Waals surface area contributed by atoms with Gasteiger partial charge in [0.05, 0.1) is 18.1 Å². The van der Waals surface area contributed by atoms with Crippen LogP contribution in [0.4, 0.5) is 0 Å². The van der Waals surface area contributed by atoms with Crippen LogP contribution < -0.4 is 0 Å². The van der Waals surface area contributed by atoms with Crippen LogP contribution in [-0.4, -0.2) is 40.4 Å². The van der Waals surface area contributed by atoms with Crippen molar-refractivity contribution >= 4 is 5.91 Å². The molecule has 4 fully saturated rings. The summed E-state index contributed by atoms with van der Waals surface area (Å²) >= 11 is 0. The van der Waals surface area contributed by atoms with Crippen molar-refractivity contribution < 1.29 is 14.6 Å². The molecule has 1 amide bonds. The highest BCUT2D eigenvalue weighted by molar-refractivity contribution is 5.84. The van der Waals surface area contributed by atoms with Crippen molar-refractivity contribution in [1.82, 2.24) is 4.90 Å². The molecule has 1 N–H and O–H groups in total. The van der Waals surface area contributed by atoms with Crippen molar-refractivity contribution in [3.8, 4) is 0 Å². The van der Waals surface area contributed by atoms with Crippen molar-refractivity contribution in [2.24, 2.45) is 29.6 Å². The Hall–Kier alpha value is -0.610. The lowest BCUT2D eigenvalue weighted by Gasteiger charge is -2.41. The lowest BCUT2D eigenvalue weighted by molar-refractivity contribution is -0.191. The molecule has 4 heteroatoms. The number of hydrogen-bond acceptors (Lipinski definition) is 3. The summed E-state index contributed by atoms with van der Waals surface area (Å²) in [5.74, 6) is 1.40. The van der Waals surface area contributed by atoms with Crippen LogP contribution in [0.5, 0.6) is 0 Å². The number of hydrogen-bond donors (Lipinski definition) is 1. The number of carbonyl (C=O) groups excluding carboxylic acids is 1. The summed E-state index contributed by atoms with van der Waals surface area (Å²) in [4.78, 5) is 14.6. The molecule has 100 valence electrons. The van der Waals surface area contributed by atoms with Gasteiger partial charge in [-0.3, -0.25) is 4.79 Å². The lowest BCUT2D eigenvalue weighted by atomic mass is 9.74. The molecule has 0 aromatic carbocycles. The first-order valence-corrected chi connectivity index (χ1v) is 7.21. The van der Waals surface area contributed by atoms with E-state index in [0.29, 0.717) is 18.4 Å². The van der Waals surface area contributed by atoms with E-state index in [1.807, 2.05) is 11.8 Å². The van der Waals surface area contributed by atoms with Gasteiger partial charge in [-0.05, 0) is 25.2 Å². The number of ether oxygens (including phenoxy) is 1. The molecule has 4 aliphatic rings. The third kappa shape index (κ3) is 0.874. The maximum Gasteiger partial charge on any atom is 0.228 e. The summed E-state index contributed by atoms with van der Waals surface area (Å²) in [6.07, 6.45) is 0.541. The number of amides is 1. The van der Waals surface area contributed by atoms with E-state index in [1.54, 1.807) is 0 Å². The Kier molecular flexibility index (Phi) is 1.93. The van der Waals surface area contributed by atoms with E-state index in [2.05, 4.69) is 13.8 Å². The second kappa shape index (κ2) is 3.10. The van der Waals surface area contributed by atoms with E-state index in [0.717, 1.165) is 6.42 Å². The van der Waals surface area contributed by atoms with Crippen LogP contribution in [-0.2, 0) is 9.53 Å². The van der Waals surface area contributed by atoms with E-state index in [4.69, 9.17) is 4.74 Å². The summed E-state index contributed by atoms with van der Waals surface area (Å²) in [7, 11) is 0. The fraction of sp³-hybridized carbons (Fsp3) is 0.929. The molecule has 4 rings (SSSR count). The summed E-state index contributed by atoms with van der Waals surface area (Å²) < 4.78 is 6.32. The standard InChI is InChI=1S/C14H21NO3/c1-4-15-13(17)9-7-5-8-10(9)14(15,6(2)3)18-12(8)11(7)16/h6-12,16H,4-5H2,1-3H3/t7-,8-,9-,10+,11+,12+,14-/m1/s1. The molecule has 18 heavy (non-hydrogen) atoms. The van der Waals surface area contributed by atoms with Crippen LogP contribution in [0.1, 0.15) is 27.2 Å². The van der Waals surface area contributed by atoms with Gasteiger partial charge in [0.1, 0.15) is 5.72 Å². The zero-order valence-electron chi connectivity index (χ0n) is 11.2. The summed E-state index contributed by atoms with van der Waals surface area (Å²) in [5.41, 5.74) is -0.432. The monoisotopic (exact) mass is 251 g/mol. The van der Waals surface area contributed by atoms with Gasteiger partial charge < -0.3 is 14.7 Å². The van der Waals surface area contributed by atoms with E-state index in [9.17, 15) is 9.90 Å². The lowest BCUT2D eigenvalue weighted by Crippen LogP contribution is -2.54. The summed E-state index contributed by atoms with van der Waals surface area (Å²) in [6.45, 7) is 7.03. The zero-order chi connectivity index (χ0) is 12.8. The Bertz CT molecular complexity index is 423. The molecule has 2 bridgehead atoms. The molecule has 2 aliphatic carbocycles. The van der Waals surface area contributed by atoms with Crippen molar-refractivity contribution in [2.45, 2.75) is 45.1 Å². The minimum atomic E-state index is -0.432. The Balaban J connectivity index is 1.89. The van der Waals surface area contributed by atoms with Gasteiger partial charge in [0.15, 0.2) is 0 Å². The third-order valence-corrected chi connectivity index (χ3v) is 5.97. The number of fused-ring (bicyclic) bond motifs is 2. The van der Waals surface area contributed by atoms with Crippen molar-refractivity contribution in [3.63, 3.8) is 0 Å². The Morgan fingerprint density at radius 2 is 2.22 bits per heavy atom. The minimum Gasteiger partial charge on any atom is -0.390 e. The molecule has 0 spiro atoms. The third-order valence-electron chi connectivity index (χ3n) is 5.97. The summed E-state index contributed by atoms with van der Waals surface area (Å²) in [5, 5.41) is 10.3. The number of carbonyl (C=O) groups is 1. The molecule has 4 nitrogen and oxygen atoms in total. The Morgan fingerprint density at radius 3 is 2.83 bits per heavy atom. The molecule has 0 aromatic rings. The molecule has 2 saturated carbocycles. The average Bonchev–Trinajstić information content (AvgIpc) is 2.95. The predicted molar refractivity (Wildman–Crippen MR) is 64.4 cm³/mol. The highest BCUT2D eigenvalue weighted by Gasteiger charge is 2.78. The van der Waals surface area contributed by atoms with Crippen LogP contribution in [0.25, 0.3) is 0 Å². The fourth-order valence-electron chi connectivity index (χ4n) is 5.51. The molecule has 7 atom stereocenters. The Labute approximate surface area is 107 Å². The summed E-state index contributed by atoms with van der Waals surface area (Å²) in [6, 6.07) is 0. The topological polar surface area (TPSA) is 49.8 Å². The average molecular weight is 251 g/mol. The highest BCUT2D eigenvalue weighted by atomic mass is 16.6. The van der Waals surface area contributed by atoms with E-state index < -0.39 is 11.8 Å². The van der Waals surface area contributed by atoms with E-state index in [1.165, 1.54) is 0 Å². The van der Waals surface area contributed by atoms with Gasteiger partial charge in [-0.15, -0.1) is 0 Å². The smallest absolute Gasteiger partial charge is 0.228 e. The first-order valence-electron chi connectivity index (χ1n) is 7.21. The number of nitrogens with zero attached hydrogens (tertiary/aromatic N) is 1. The largest absolute Gasteiger partial charge is 0.390 e. The van der Waals surface area contributed by atoms with Gasteiger partial charge in [0, 0.05) is 18.4 Å². The van der Waals surface area contributed by atoms with Crippen LogP contribution >= 0.6 is 0 Å². The van der Waals surface area contributed by atoms with Crippen LogP contribution in [0.2, 0.25) is 0 Å². The second-order valence-electron chi connectivity index (χ2n) is 6.68. The molecule has 2 aliphatic heterocycles. The first kappa shape index (κ1) is 11.2. The van der Waals surface area contributed by atoms with Crippen molar-refractivity contribution in [2.75, 3.05) is 6.54 Å². The highest BCUT2D eigenvalue weighted by Crippen LogP contribution is 2.68. The SMILES string of the molecule is CCN1C(=O)[C@@H]2[C@H]3C[C@H]4[C@H](O[C@]1(C(C)C)[C@@H]42)[C@H]3O. The van der Waals surface area contributed by atoms with Gasteiger partial charge >= 0.3 is 0 Å². The maximum atomic E-state index is 12.6. The van der Waals surface area contributed by atoms with Crippen molar-refractivity contribution in [3.05, 3.63) is 0 Å². The van der Waals surface area contributed by atoms with Gasteiger partial charge in [-0.2, -0.15) is 0 Å². The maximum absolute atomic E-state index is 12.6. The Morgan fingerprint density at radius 1 is 1.50 bits per heavy atom. The van der Waals surface area contributed by atoms with Gasteiger partial charge in [-0.25, -0.2) is 0 Å². The van der Waals surface area contributed by atoms with E-state index in [-0.39, 0.29) is 29.8 Å². The van der Waals surface area contributed by atoms with Gasteiger partial charge in [-0.1, -0.05) is 13.8 Å². The second-order valence-corrected chi connectivity index (χ2v) is 6.68. The van der Waals surface area contributed by atoms with Gasteiger partial charge in [0.2, 0.25) is 5.91 Å². The minimum absolute atomic E-state index is 0.0195. The van der Waals surface area contributed by atoms with E-state index >= 15 is 0 Å². The number of aliphatic hydroxyl groups excluding tert-OH is 1. The molecular formula is C14H21NO3. The molecular weight excluding hydrogens is 230 g/mol. The van der Waals surface area contributed by atoms with Gasteiger partial charge in [0.25, 0.3) is 0 Å². The number of likely N-dealkylation sites (tertiary alicyclic amines) is 1. The first-order chi connectivity index (χ1) is 8.54. The molecule has 2 heterocycles. The number of aliphatic hydroxyl groups is 1.